The van der Waals surface area contributed by atoms with E-state index in [4.69, 9.17) is 9.15 Å². The van der Waals surface area contributed by atoms with Gasteiger partial charge in [0.15, 0.2) is 5.58 Å². The number of aromatic amines is 1. The van der Waals surface area contributed by atoms with E-state index in [1.54, 1.807) is 12.1 Å². The van der Waals surface area contributed by atoms with E-state index in [9.17, 15) is 9.90 Å². The average molecular weight is 277 g/mol. The van der Waals surface area contributed by atoms with Crippen LogP contribution in [0.3, 0.4) is 0 Å². The van der Waals surface area contributed by atoms with Crippen molar-refractivity contribution in [2.75, 3.05) is 0 Å². The predicted molar refractivity (Wildman–Crippen MR) is 74.5 cm³/mol. The number of ether oxygens (including phenoxy) is 1. The molecule has 0 radical (unpaired) electrons. The molecule has 1 fully saturated rings. The summed E-state index contributed by atoms with van der Waals surface area (Å²) < 4.78 is 10.8. The Hall–Kier alpha value is -1.59. The van der Waals surface area contributed by atoms with Gasteiger partial charge in [-0.1, -0.05) is 13.0 Å². The lowest BCUT2D eigenvalue weighted by atomic mass is 9.82. The summed E-state index contributed by atoms with van der Waals surface area (Å²) in [5.41, 5.74) is 1.86. The van der Waals surface area contributed by atoms with Crippen LogP contribution in [0.1, 0.15) is 32.4 Å². The predicted octanol–water partition coefficient (Wildman–Crippen LogP) is 2.21. The molecule has 0 spiro atoms. The van der Waals surface area contributed by atoms with Crippen LogP contribution < -0.4 is 5.76 Å². The number of fused-ring (bicyclic) bond motifs is 1. The maximum atomic E-state index is 11.2. The monoisotopic (exact) mass is 277 g/mol. The first kappa shape index (κ1) is 13.4. The number of H-pyrrole nitrogens is 1. The minimum atomic E-state index is -0.630. The van der Waals surface area contributed by atoms with Crippen molar-refractivity contribution in [2.24, 2.45) is 11.8 Å². The van der Waals surface area contributed by atoms with Gasteiger partial charge in [0.05, 0.1) is 23.8 Å². The third-order valence-electron chi connectivity index (χ3n) is 4.47. The normalized spacial score (nSPS) is 31.8. The first-order valence-corrected chi connectivity index (χ1v) is 6.93. The van der Waals surface area contributed by atoms with Crippen LogP contribution in [-0.4, -0.2) is 22.3 Å². The zero-order valence-electron chi connectivity index (χ0n) is 11.8. The Balaban J connectivity index is 1.95. The molecule has 1 aliphatic heterocycles. The summed E-state index contributed by atoms with van der Waals surface area (Å²) in [6, 6.07) is 5.30. The second-order valence-corrected chi connectivity index (χ2v) is 5.70. The largest absolute Gasteiger partial charge is 0.417 e. The fourth-order valence-electron chi connectivity index (χ4n) is 3.21. The summed E-state index contributed by atoms with van der Waals surface area (Å²) in [7, 11) is 0. The minimum Gasteiger partial charge on any atom is -0.408 e. The molecular formula is C15H19NO4. The third kappa shape index (κ3) is 2.07. The Morgan fingerprint density at radius 3 is 2.65 bits per heavy atom. The summed E-state index contributed by atoms with van der Waals surface area (Å²) >= 11 is 0. The molecule has 0 aliphatic carbocycles. The van der Waals surface area contributed by atoms with Crippen molar-refractivity contribution < 1.29 is 14.3 Å². The molecule has 0 saturated carbocycles. The van der Waals surface area contributed by atoms with E-state index in [2.05, 4.69) is 11.9 Å². The molecule has 1 saturated heterocycles. The number of rotatable bonds is 2. The van der Waals surface area contributed by atoms with Gasteiger partial charge < -0.3 is 14.3 Å². The fraction of sp³-hybridized carbons (Fsp3) is 0.533. The van der Waals surface area contributed by atoms with Gasteiger partial charge in [0.25, 0.3) is 0 Å². The molecule has 2 N–H and O–H groups in total. The molecule has 1 aromatic carbocycles. The van der Waals surface area contributed by atoms with Crippen molar-refractivity contribution in [1.29, 1.82) is 0 Å². The van der Waals surface area contributed by atoms with Crippen molar-refractivity contribution >= 4 is 11.1 Å². The molecular weight excluding hydrogens is 258 g/mol. The van der Waals surface area contributed by atoms with Gasteiger partial charge in [-0.3, -0.25) is 4.98 Å². The maximum Gasteiger partial charge on any atom is 0.417 e. The lowest BCUT2D eigenvalue weighted by Crippen LogP contribution is -2.24. The summed E-state index contributed by atoms with van der Waals surface area (Å²) in [6.07, 6.45) is -0.489. The summed E-state index contributed by atoms with van der Waals surface area (Å²) in [6.45, 7) is 6.11. The SMILES string of the molecule is CC1OC(C)C(C(O)c2ccc3[nH]c(=O)oc3c2)C1C. The lowest BCUT2D eigenvalue weighted by Gasteiger charge is -2.24. The van der Waals surface area contributed by atoms with Crippen LogP contribution in [0.2, 0.25) is 0 Å². The molecule has 108 valence electrons. The Kier molecular flexibility index (Phi) is 3.18. The molecule has 5 heteroatoms. The fourth-order valence-corrected chi connectivity index (χ4v) is 3.21. The van der Waals surface area contributed by atoms with Crippen LogP contribution in [0.25, 0.3) is 11.1 Å². The Morgan fingerprint density at radius 2 is 2.00 bits per heavy atom. The highest BCUT2D eigenvalue weighted by molar-refractivity contribution is 5.72. The molecule has 0 bridgehead atoms. The summed E-state index contributed by atoms with van der Waals surface area (Å²) in [5.74, 6) is -0.173. The number of benzene rings is 1. The molecule has 1 aliphatic rings. The van der Waals surface area contributed by atoms with Gasteiger partial charge >= 0.3 is 5.76 Å². The second-order valence-electron chi connectivity index (χ2n) is 5.70. The van der Waals surface area contributed by atoms with Crippen LogP contribution in [-0.2, 0) is 4.74 Å². The van der Waals surface area contributed by atoms with E-state index in [1.807, 2.05) is 19.9 Å². The Morgan fingerprint density at radius 1 is 1.25 bits per heavy atom. The first-order valence-electron chi connectivity index (χ1n) is 6.93. The molecule has 5 atom stereocenters. The standard InChI is InChI=1S/C15H19NO4/c1-7-8(2)19-9(3)13(7)14(17)10-4-5-11-12(6-10)20-15(18)16-11/h4-9,13-14,17H,1-3H3,(H,16,18). The summed E-state index contributed by atoms with van der Waals surface area (Å²) in [4.78, 5) is 13.8. The molecule has 5 unspecified atom stereocenters. The molecule has 3 rings (SSSR count). The van der Waals surface area contributed by atoms with E-state index >= 15 is 0 Å². The van der Waals surface area contributed by atoms with E-state index in [0.29, 0.717) is 11.1 Å². The number of oxazole rings is 1. The van der Waals surface area contributed by atoms with Crippen molar-refractivity contribution in [3.05, 3.63) is 34.3 Å². The highest BCUT2D eigenvalue weighted by Gasteiger charge is 2.41. The molecule has 1 aromatic heterocycles. The van der Waals surface area contributed by atoms with Crippen molar-refractivity contribution in [1.82, 2.24) is 4.98 Å². The van der Waals surface area contributed by atoms with Gasteiger partial charge in [0.1, 0.15) is 0 Å². The number of hydrogen-bond acceptors (Lipinski definition) is 4. The number of aromatic nitrogens is 1. The van der Waals surface area contributed by atoms with Crippen molar-refractivity contribution in [3.63, 3.8) is 0 Å². The lowest BCUT2D eigenvalue weighted by molar-refractivity contribution is 0.0231. The first-order chi connectivity index (χ1) is 9.47. The number of aliphatic hydroxyl groups is 1. The van der Waals surface area contributed by atoms with Gasteiger partial charge in [0, 0.05) is 5.92 Å². The van der Waals surface area contributed by atoms with Crippen molar-refractivity contribution in [3.8, 4) is 0 Å². The maximum absolute atomic E-state index is 11.2. The summed E-state index contributed by atoms with van der Waals surface area (Å²) in [5, 5.41) is 10.6. The van der Waals surface area contributed by atoms with Gasteiger partial charge in [-0.05, 0) is 37.5 Å². The van der Waals surface area contributed by atoms with E-state index < -0.39 is 11.9 Å². The van der Waals surface area contributed by atoms with Crippen LogP contribution in [0.4, 0.5) is 0 Å². The smallest absolute Gasteiger partial charge is 0.408 e. The van der Waals surface area contributed by atoms with Gasteiger partial charge in [-0.15, -0.1) is 0 Å². The quantitative estimate of drug-likeness (QED) is 0.882. The third-order valence-corrected chi connectivity index (χ3v) is 4.47. The highest BCUT2D eigenvalue weighted by atomic mass is 16.5. The highest BCUT2D eigenvalue weighted by Crippen LogP contribution is 2.40. The zero-order valence-corrected chi connectivity index (χ0v) is 11.8. The number of nitrogens with one attached hydrogen (secondary N) is 1. The topological polar surface area (TPSA) is 75.5 Å². The van der Waals surface area contributed by atoms with Gasteiger partial charge in [-0.25, -0.2) is 4.79 Å². The van der Waals surface area contributed by atoms with E-state index in [-0.39, 0.29) is 24.0 Å². The Labute approximate surface area is 116 Å². The van der Waals surface area contributed by atoms with E-state index in [0.717, 1.165) is 5.56 Å². The molecule has 2 heterocycles. The van der Waals surface area contributed by atoms with Crippen molar-refractivity contribution in [2.45, 2.75) is 39.1 Å². The van der Waals surface area contributed by atoms with Gasteiger partial charge in [-0.2, -0.15) is 0 Å². The molecule has 2 aromatic rings. The molecule has 0 amide bonds. The second kappa shape index (κ2) is 4.75. The zero-order chi connectivity index (χ0) is 14.4. The average Bonchev–Trinajstić information content (AvgIpc) is 2.87. The minimum absolute atomic E-state index is 0.00364. The number of hydrogen-bond donors (Lipinski definition) is 2. The molecule has 20 heavy (non-hydrogen) atoms. The van der Waals surface area contributed by atoms with E-state index in [1.165, 1.54) is 0 Å². The van der Waals surface area contributed by atoms with Crippen LogP contribution in [0.15, 0.2) is 27.4 Å². The molecule has 5 nitrogen and oxygen atoms in total. The van der Waals surface area contributed by atoms with Crippen LogP contribution in [0.5, 0.6) is 0 Å². The van der Waals surface area contributed by atoms with Gasteiger partial charge in [0.2, 0.25) is 0 Å². The number of aliphatic hydroxyl groups excluding tert-OH is 1. The Bertz CT molecular complexity index is 674. The van der Waals surface area contributed by atoms with Crippen LogP contribution >= 0.6 is 0 Å². The van der Waals surface area contributed by atoms with Crippen LogP contribution in [0, 0.1) is 11.8 Å².